The van der Waals surface area contributed by atoms with E-state index in [1.807, 2.05) is 26.0 Å². The van der Waals surface area contributed by atoms with Crippen molar-refractivity contribution < 1.29 is 14.3 Å². The first-order valence-electron chi connectivity index (χ1n) is 10.2. The number of pyridine rings is 1. The number of benzene rings is 1. The summed E-state index contributed by atoms with van der Waals surface area (Å²) in [5.74, 6) is -0.0346. The van der Waals surface area contributed by atoms with Crippen molar-refractivity contribution in [2.75, 3.05) is 19.8 Å². The third kappa shape index (κ3) is 3.84. The minimum atomic E-state index is -0.397. The minimum Gasteiger partial charge on any atom is -0.376 e. The molecule has 2 fully saturated rings. The summed E-state index contributed by atoms with van der Waals surface area (Å²) in [5.41, 5.74) is 3.54. The largest absolute Gasteiger partial charge is 0.376 e. The molecule has 6 heteroatoms. The fourth-order valence-electron chi connectivity index (χ4n) is 4.14. The molecule has 0 radical (unpaired) electrons. The van der Waals surface area contributed by atoms with Gasteiger partial charge in [-0.2, -0.15) is 0 Å². The lowest BCUT2D eigenvalue weighted by Gasteiger charge is -2.27. The van der Waals surface area contributed by atoms with Gasteiger partial charge in [0.25, 0.3) is 11.5 Å². The van der Waals surface area contributed by atoms with Gasteiger partial charge in [0.15, 0.2) is 0 Å². The number of amides is 1. The van der Waals surface area contributed by atoms with E-state index < -0.39 is 6.10 Å². The predicted molar refractivity (Wildman–Crippen MR) is 107 cm³/mol. The fraction of sp³-hybridized carbons (Fsp3) is 0.545. The maximum atomic E-state index is 13.0. The number of aryl methyl sites for hydroxylation is 2. The second-order valence-electron chi connectivity index (χ2n) is 7.95. The molecular formula is C22H28N2O4. The molecule has 1 aromatic carbocycles. The highest BCUT2D eigenvalue weighted by Crippen LogP contribution is 2.22. The van der Waals surface area contributed by atoms with Crippen LogP contribution in [0.3, 0.4) is 0 Å². The van der Waals surface area contributed by atoms with Gasteiger partial charge in [-0.05, 0) is 62.1 Å². The molecule has 1 aromatic heterocycles. The van der Waals surface area contributed by atoms with Gasteiger partial charge in [0.2, 0.25) is 0 Å². The first kappa shape index (κ1) is 19.2. The Bertz CT molecular complexity index is 924. The van der Waals surface area contributed by atoms with Crippen LogP contribution < -0.4 is 5.56 Å². The Hall–Kier alpha value is -2.18. The number of H-pyrrole nitrogens is 1. The van der Waals surface area contributed by atoms with Gasteiger partial charge in [0, 0.05) is 25.3 Å². The summed E-state index contributed by atoms with van der Waals surface area (Å²) in [7, 11) is 0. The van der Waals surface area contributed by atoms with Gasteiger partial charge in [-0.3, -0.25) is 9.59 Å². The van der Waals surface area contributed by atoms with Crippen molar-refractivity contribution in [2.24, 2.45) is 0 Å². The molecule has 1 amide bonds. The molecule has 2 atom stereocenters. The Morgan fingerprint density at radius 3 is 2.68 bits per heavy atom. The molecule has 0 spiro atoms. The van der Waals surface area contributed by atoms with E-state index in [0.29, 0.717) is 18.7 Å². The number of carbonyl (C=O) groups excluding carboxylic acids is 1. The van der Waals surface area contributed by atoms with Gasteiger partial charge in [-0.25, -0.2) is 0 Å². The molecule has 2 saturated heterocycles. The van der Waals surface area contributed by atoms with E-state index >= 15 is 0 Å². The smallest absolute Gasteiger partial charge is 0.253 e. The van der Waals surface area contributed by atoms with Crippen LogP contribution in [0.5, 0.6) is 0 Å². The maximum absolute atomic E-state index is 13.0. The average Bonchev–Trinajstić information content (AvgIpc) is 3.39. The Labute approximate surface area is 164 Å². The fourth-order valence-corrected chi connectivity index (χ4v) is 4.14. The molecule has 6 nitrogen and oxygen atoms in total. The summed E-state index contributed by atoms with van der Waals surface area (Å²) in [6, 6.07) is 5.98. The third-order valence-corrected chi connectivity index (χ3v) is 5.95. The first-order valence-corrected chi connectivity index (χ1v) is 10.2. The van der Waals surface area contributed by atoms with E-state index in [9.17, 15) is 9.59 Å². The molecule has 1 N–H and O–H groups in total. The standard InChI is InChI=1S/C22H28N2O4/c1-14-7-8-16-11-17(21(25)23-20(16)15(14)2)12-24(13-18-5-3-9-27-18)22(26)19-6-4-10-28-19/h7-8,11,18-19H,3-6,9-10,12-13H2,1-2H3,(H,23,25). The number of carbonyl (C=O) groups is 1. The highest BCUT2D eigenvalue weighted by atomic mass is 16.5. The average molecular weight is 384 g/mol. The number of nitrogens with one attached hydrogen (secondary N) is 1. The van der Waals surface area contributed by atoms with Crippen molar-refractivity contribution in [2.45, 2.75) is 58.3 Å². The Morgan fingerprint density at radius 1 is 1.18 bits per heavy atom. The quantitative estimate of drug-likeness (QED) is 0.860. The van der Waals surface area contributed by atoms with Crippen molar-refractivity contribution in [1.82, 2.24) is 9.88 Å². The second kappa shape index (κ2) is 8.05. The van der Waals surface area contributed by atoms with Crippen molar-refractivity contribution in [3.05, 3.63) is 45.2 Å². The predicted octanol–water partition coefficient (Wildman–Crippen LogP) is 2.83. The van der Waals surface area contributed by atoms with Crippen LogP contribution in [0.4, 0.5) is 0 Å². The zero-order valence-corrected chi connectivity index (χ0v) is 16.6. The van der Waals surface area contributed by atoms with Gasteiger partial charge in [0.1, 0.15) is 6.10 Å². The highest BCUT2D eigenvalue weighted by Gasteiger charge is 2.31. The molecule has 2 aliphatic rings. The zero-order chi connectivity index (χ0) is 19.7. The van der Waals surface area contributed by atoms with E-state index in [1.54, 1.807) is 4.90 Å². The lowest BCUT2D eigenvalue weighted by molar-refractivity contribution is -0.143. The van der Waals surface area contributed by atoms with E-state index in [-0.39, 0.29) is 24.1 Å². The first-order chi connectivity index (χ1) is 13.5. The summed E-state index contributed by atoms with van der Waals surface area (Å²) < 4.78 is 11.4. The van der Waals surface area contributed by atoms with Crippen molar-refractivity contribution in [1.29, 1.82) is 0 Å². The van der Waals surface area contributed by atoms with Crippen LogP contribution in [0.1, 0.15) is 42.4 Å². The van der Waals surface area contributed by atoms with E-state index in [2.05, 4.69) is 11.1 Å². The molecule has 0 aliphatic carbocycles. The van der Waals surface area contributed by atoms with Crippen LogP contribution >= 0.6 is 0 Å². The zero-order valence-electron chi connectivity index (χ0n) is 16.6. The van der Waals surface area contributed by atoms with Crippen LogP contribution in [-0.4, -0.2) is 47.8 Å². The molecule has 4 rings (SSSR count). The number of fused-ring (bicyclic) bond motifs is 1. The SMILES string of the molecule is Cc1ccc2cc(CN(CC3CCCO3)C(=O)C3CCCO3)c(=O)[nH]c2c1C. The lowest BCUT2D eigenvalue weighted by atomic mass is 10.0. The highest BCUT2D eigenvalue weighted by molar-refractivity contribution is 5.84. The maximum Gasteiger partial charge on any atom is 0.253 e. The Balaban J connectivity index is 1.63. The molecule has 2 unspecified atom stereocenters. The van der Waals surface area contributed by atoms with Crippen LogP contribution in [0.25, 0.3) is 10.9 Å². The Morgan fingerprint density at radius 2 is 1.96 bits per heavy atom. The number of hydrogen-bond acceptors (Lipinski definition) is 4. The van der Waals surface area contributed by atoms with E-state index in [0.717, 1.165) is 54.3 Å². The molecule has 0 saturated carbocycles. The van der Waals surface area contributed by atoms with Crippen LogP contribution in [0.15, 0.2) is 23.0 Å². The van der Waals surface area contributed by atoms with E-state index in [1.165, 1.54) is 0 Å². The number of aromatic amines is 1. The monoisotopic (exact) mass is 384 g/mol. The summed E-state index contributed by atoms with van der Waals surface area (Å²) >= 11 is 0. The van der Waals surface area contributed by atoms with Gasteiger partial charge in [0.05, 0.1) is 18.2 Å². The van der Waals surface area contributed by atoms with Gasteiger partial charge in [-0.1, -0.05) is 12.1 Å². The molecule has 150 valence electrons. The number of aromatic nitrogens is 1. The lowest BCUT2D eigenvalue weighted by Crippen LogP contribution is -2.43. The molecule has 2 aromatic rings. The van der Waals surface area contributed by atoms with Crippen molar-refractivity contribution in [3.63, 3.8) is 0 Å². The van der Waals surface area contributed by atoms with Gasteiger partial charge >= 0.3 is 0 Å². The van der Waals surface area contributed by atoms with Gasteiger partial charge < -0.3 is 19.4 Å². The van der Waals surface area contributed by atoms with E-state index in [4.69, 9.17) is 9.47 Å². The summed E-state index contributed by atoms with van der Waals surface area (Å²) in [4.78, 5) is 30.6. The number of nitrogens with zero attached hydrogens (tertiary/aromatic N) is 1. The van der Waals surface area contributed by atoms with Crippen molar-refractivity contribution in [3.8, 4) is 0 Å². The third-order valence-electron chi connectivity index (χ3n) is 5.95. The summed E-state index contributed by atoms with van der Waals surface area (Å²) in [5, 5.41) is 0.985. The topological polar surface area (TPSA) is 71.6 Å². The summed E-state index contributed by atoms with van der Waals surface area (Å²) in [6.45, 7) is 6.18. The van der Waals surface area contributed by atoms with Gasteiger partial charge in [-0.15, -0.1) is 0 Å². The molecule has 0 bridgehead atoms. The van der Waals surface area contributed by atoms with Crippen LogP contribution in [-0.2, 0) is 20.8 Å². The molecular weight excluding hydrogens is 356 g/mol. The minimum absolute atomic E-state index is 0.0346. The number of hydrogen-bond donors (Lipinski definition) is 1. The van der Waals surface area contributed by atoms with Crippen LogP contribution in [0, 0.1) is 13.8 Å². The second-order valence-corrected chi connectivity index (χ2v) is 7.95. The molecule has 2 aliphatic heterocycles. The number of ether oxygens (including phenoxy) is 2. The van der Waals surface area contributed by atoms with Crippen molar-refractivity contribution >= 4 is 16.8 Å². The number of rotatable bonds is 5. The Kier molecular flexibility index (Phi) is 5.51. The molecule has 3 heterocycles. The normalized spacial score (nSPS) is 22.1. The molecule has 28 heavy (non-hydrogen) atoms. The van der Waals surface area contributed by atoms with Crippen LogP contribution in [0.2, 0.25) is 0 Å². The summed E-state index contributed by atoms with van der Waals surface area (Å²) in [6.07, 6.45) is 3.25.